The summed E-state index contributed by atoms with van der Waals surface area (Å²) in [6.45, 7) is 0. The molecule has 1 saturated carbocycles. The van der Waals surface area contributed by atoms with Gasteiger partial charge in [0, 0.05) is 7.11 Å². The summed E-state index contributed by atoms with van der Waals surface area (Å²) >= 11 is 0. The summed E-state index contributed by atoms with van der Waals surface area (Å²) in [5, 5.41) is 23.2. The Balaban J connectivity index is 2.30. The highest BCUT2D eigenvalue weighted by atomic mass is 16.6. The van der Waals surface area contributed by atoms with Gasteiger partial charge >= 0.3 is 5.69 Å². The van der Waals surface area contributed by atoms with E-state index in [1.54, 1.807) is 19.2 Å². The number of nitriles is 1. The van der Waals surface area contributed by atoms with Crippen LogP contribution in [0.2, 0.25) is 0 Å². The van der Waals surface area contributed by atoms with Crippen molar-refractivity contribution in [1.82, 2.24) is 0 Å². The van der Waals surface area contributed by atoms with Crippen molar-refractivity contribution in [3.63, 3.8) is 0 Å². The first-order chi connectivity index (χ1) is 9.17. The molecule has 1 aliphatic rings. The van der Waals surface area contributed by atoms with Crippen LogP contribution in [0.5, 0.6) is 0 Å². The first-order valence-electron chi connectivity index (χ1n) is 6.14. The average Bonchev–Trinajstić information content (AvgIpc) is 2.85. The van der Waals surface area contributed by atoms with Gasteiger partial charge in [-0.2, -0.15) is 5.26 Å². The molecule has 0 amide bonds. The first kappa shape index (κ1) is 13.3. The molecular formula is C13H15N3O3. The van der Waals surface area contributed by atoms with E-state index in [9.17, 15) is 10.1 Å². The minimum atomic E-state index is -0.516. The highest BCUT2D eigenvalue weighted by Gasteiger charge is 2.29. The Hall–Kier alpha value is -2.13. The van der Waals surface area contributed by atoms with Crippen molar-refractivity contribution in [2.24, 2.45) is 0 Å². The molecule has 0 radical (unpaired) electrons. The van der Waals surface area contributed by atoms with Gasteiger partial charge in [-0.25, -0.2) is 0 Å². The van der Waals surface area contributed by atoms with E-state index in [-0.39, 0.29) is 23.4 Å². The number of para-hydroxylation sites is 1. The van der Waals surface area contributed by atoms with Crippen molar-refractivity contribution < 1.29 is 9.66 Å². The number of rotatable bonds is 4. The van der Waals surface area contributed by atoms with E-state index in [2.05, 4.69) is 5.32 Å². The molecule has 1 aliphatic carbocycles. The smallest absolute Gasteiger partial charge is 0.309 e. The minimum absolute atomic E-state index is 0.0534. The zero-order valence-corrected chi connectivity index (χ0v) is 10.6. The number of hydrogen-bond acceptors (Lipinski definition) is 5. The highest BCUT2D eigenvalue weighted by molar-refractivity contribution is 5.68. The van der Waals surface area contributed by atoms with Gasteiger partial charge in [-0.1, -0.05) is 6.07 Å². The second kappa shape index (κ2) is 5.67. The lowest BCUT2D eigenvalue weighted by atomic mass is 10.1. The Bertz CT molecular complexity index is 524. The molecule has 1 aromatic rings. The van der Waals surface area contributed by atoms with E-state index in [4.69, 9.17) is 10.00 Å². The van der Waals surface area contributed by atoms with Crippen molar-refractivity contribution in [2.75, 3.05) is 12.4 Å². The quantitative estimate of drug-likeness (QED) is 0.664. The van der Waals surface area contributed by atoms with Gasteiger partial charge in [-0.3, -0.25) is 10.1 Å². The molecule has 2 unspecified atom stereocenters. The SMILES string of the molecule is COC1CCCC1Nc1cccc(C#N)c1[N+](=O)[O-]. The van der Waals surface area contributed by atoms with Crippen LogP contribution in [0.15, 0.2) is 18.2 Å². The van der Waals surface area contributed by atoms with Crippen LogP contribution in [0.4, 0.5) is 11.4 Å². The predicted octanol–water partition coefficient (Wildman–Crippen LogP) is 2.45. The minimum Gasteiger partial charge on any atom is -0.379 e. The van der Waals surface area contributed by atoms with E-state index in [1.807, 2.05) is 6.07 Å². The standard InChI is InChI=1S/C13H15N3O3/c1-19-12-7-3-5-10(12)15-11-6-2-4-9(8-14)13(11)16(17)18/h2,4,6,10,12,15H,3,5,7H2,1H3. The van der Waals surface area contributed by atoms with Crippen LogP contribution in [-0.2, 0) is 4.74 Å². The molecule has 0 heterocycles. The fraction of sp³-hybridized carbons (Fsp3) is 0.462. The molecule has 19 heavy (non-hydrogen) atoms. The Kier molecular flexibility index (Phi) is 3.97. The summed E-state index contributed by atoms with van der Waals surface area (Å²) in [6, 6.07) is 6.63. The van der Waals surface area contributed by atoms with E-state index in [0.717, 1.165) is 19.3 Å². The third-order valence-electron chi connectivity index (χ3n) is 3.44. The van der Waals surface area contributed by atoms with Crippen molar-refractivity contribution in [3.8, 4) is 6.07 Å². The molecule has 0 aromatic heterocycles. The summed E-state index contributed by atoms with van der Waals surface area (Å²) in [7, 11) is 1.64. The summed E-state index contributed by atoms with van der Waals surface area (Å²) < 4.78 is 5.36. The van der Waals surface area contributed by atoms with Crippen molar-refractivity contribution >= 4 is 11.4 Å². The molecular weight excluding hydrogens is 246 g/mol. The number of methoxy groups -OCH3 is 1. The van der Waals surface area contributed by atoms with Crippen LogP contribution >= 0.6 is 0 Å². The number of anilines is 1. The molecule has 100 valence electrons. The molecule has 1 fully saturated rings. The maximum Gasteiger partial charge on any atom is 0.309 e. The molecule has 2 rings (SSSR count). The van der Waals surface area contributed by atoms with Gasteiger partial charge in [-0.05, 0) is 31.4 Å². The Labute approximate surface area is 111 Å². The first-order valence-corrected chi connectivity index (χ1v) is 6.14. The van der Waals surface area contributed by atoms with Crippen molar-refractivity contribution in [1.29, 1.82) is 5.26 Å². The van der Waals surface area contributed by atoms with Crippen LogP contribution in [0.1, 0.15) is 24.8 Å². The van der Waals surface area contributed by atoms with Gasteiger partial charge < -0.3 is 10.1 Å². The Morgan fingerprint density at radius 1 is 1.53 bits per heavy atom. The lowest BCUT2D eigenvalue weighted by Crippen LogP contribution is -2.30. The summed E-state index contributed by atoms with van der Waals surface area (Å²) in [6.07, 6.45) is 2.94. The topological polar surface area (TPSA) is 88.2 Å². The third kappa shape index (κ3) is 2.66. The van der Waals surface area contributed by atoms with E-state index in [1.165, 1.54) is 6.07 Å². The molecule has 2 atom stereocenters. The fourth-order valence-electron chi connectivity index (χ4n) is 2.52. The van der Waals surface area contributed by atoms with E-state index in [0.29, 0.717) is 5.69 Å². The van der Waals surface area contributed by atoms with Crippen LogP contribution in [0.25, 0.3) is 0 Å². The van der Waals surface area contributed by atoms with Gasteiger partial charge in [-0.15, -0.1) is 0 Å². The van der Waals surface area contributed by atoms with Gasteiger partial charge in [0.15, 0.2) is 0 Å². The summed E-state index contributed by atoms with van der Waals surface area (Å²) in [5.41, 5.74) is 0.298. The van der Waals surface area contributed by atoms with Gasteiger partial charge in [0.1, 0.15) is 17.3 Å². The summed E-state index contributed by atoms with van der Waals surface area (Å²) in [5.74, 6) is 0. The second-order valence-corrected chi connectivity index (χ2v) is 4.53. The van der Waals surface area contributed by atoms with E-state index < -0.39 is 4.92 Å². The zero-order chi connectivity index (χ0) is 13.8. The number of nitro groups is 1. The molecule has 1 N–H and O–H groups in total. The number of nitrogens with zero attached hydrogens (tertiary/aromatic N) is 2. The lowest BCUT2D eigenvalue weighted by Gasteiger charge is -2.20. The maximum absolute atomic E-state index is 11.1. The molecule has 1 aromatic carbocycles. The van der Waals surface area contributed by atoms with Crippen molar-refractivity contribution in [2.45, 2.75) is 31.4 Å². The molecule has 0 spiro atoms. The highest BCUT2D eigenvalue weighted by Crippen LogP contribution is 2.32. The van der Waals surface area contributed by atoms with Gasteiger partial charge in [0.25, 0.3) is 0 Å². The fourth-order valence-corrected chi connectivity index (χ4v) is 2.52. The molecule has 0 saturated heterocycles. The molecule has 0 bridgehead atoms. The third-order valence-corrected chi connectivity index (χ3v) is 3.44. The normalized spacial score (nSPS) is 21.9. The zero-order valence-electron chi connectivity index (χ0n) is 10.6. The number of ether oxygens (including phenoxy) is 1. The number of nitrogens with one attached hydrogen (secondary N) is 1. The number of nitro benzene ring substituents is 1. The maximum atomic E-state index is 11.1. The monoisotopic (exact) mass is 261 g/mol. The molecule has 0 aliphatic heterocycles. The lowest BCUT2D eigenvalue weighted by molar-refractivity contribution is -0.384. The van der Waals surface area contributed by atoms with Crippen LogP contribution in [0, 0.1) is 21.4 Å². The predicted molar refractivity (Wildman–Crippen MR) is 69.9 cm³/mol. The van der Waals surface area contributed by atoms with E-state index >= 15 is 0 Å². The van der Waals surface area contributed by atoms with Gasteiger partial charge in [0.2, 0.25) is 0 Å². The Morgan fingerprint density at radius 2 is 2.32 bits per heavy atom. The largest absolute Gasteiger partial charge is 0.379 e. The molecule has 6 heteroatoms. The van der Waals surface area contributed by atoms with Crippen LogP contribution in [0.3, 0.4) is 0 Å². The van der Waals surface area contributed by atoms with Crippen LogP contribution < -0.4 is 5.32 Å². The Morgan fingerprint density at radius 3 is 2.95 bits per heavy atom. The van der Waals surface area contributed by atoms with Crippen LogP contribution in [-0.4, -0.2) is 24.2 Å². The van der Waals surface area contributed by atoms with Gasteiger partial charge in [0.05, 0.1) is 17.1 Å². The van der Waals surface area contributed by atoms with Crippen molar-refractivity contribution in [3.05, 3.63) is 33.9 Å². The number of hydrogen-bond donors (Lipinski definition) is 1. The average molecular weight is 261 g/mol. The second-order valence-electron chi connectivity index (χ2n) is 4.53. The summed E-state index contributed by atoms with van der Waals surface area (Å²) in [4.78, 5) is 10.6. The molecule has 6 nitrogen and oxygen atoms in total. The number of benzene rings is 1.